The van der Waals surface area contributed by atoms with Crippen LogP contribution in [0.2, 0.25) is 0 Å². The van der Waals surface area contributed by atoms with Crippen molar-refractivity contribution in [2.24, 2.45) is 0 Å². The number of rotatable bonds is 1. The molecule has 0 saturated heterocycles. The molecule has 0 aliphatic rings. The third-order valence-corrected chi connectivity index (χ3v) is 1.77. The number of aromatic nitrogens is 1. The Morgan fingerprint density at radius 1 is 1.54 bits per heavy atom. The number of benzene rings is 1. The zero-order chi connectivity index (χ0) is 9.42. The number of hydrogen-bond acceptors (Lipinski definition) is 5. The number of ether oxygens (including phenoxy) is 1. The van der Waals surface area contributed by atoms with Crippen molar-refractivity contribution in [3.8, 4) is 11.5 Å². The van der Waals surface area contributed by atoms with Crippen molar-refractivity contribution in [3.05, 3.63) is 12.1 Å². The number of nitrogen functional groups attached to an aromatic ring is 1. The number of nitrogens with two attached hydrogens (primary N) is 1. The van der Waals surface area contributed by atoms with Crippen LogP contribution in [0, 0.1) is 0 Å². The van der Waals surface area contributed by atoms with Crippen LogP contribution in [0.5, 0.6) is 11.5 Å². The molecular weight excluding hydrogens is 172 g/mol. The van der Waals surface area contributed by atoms with E-state index in [4.69, 9.17) is 15.0 Å². The summed E-state index contributed by atoms with van der Waals surface area (Å²) in [5.41, 5.74) is 5.95. The monoisotopic (exact) mass is 180 g/mol. The minimum atomic E-state index is 0.0560. The second-order valence-corrected chi connectivity index (χ2v) is 2.59. The van der Waals surface area contributed by atoms with Crippen LogP contribution >= 0.6 is 0 Å². The number of phenolic OH excluding ortho intramolecular Hbond substituents is 1. The first-order chi connectivity index (χ1) is 6.22. The third kappa shape index (κ3) is 1.05. The molecular formula is C8H8N2O3. The van der Waals surface area contributed by atoms with Gasteiger partial charge in [0, 0.05) is 12.1 Å². The van der Waals surface area contributed by atoms with Gasteiger partial charge in [-0.2, -0.15) is 0 Å². The average molecular weight is 180 g/mol. The van der Waals surface area contributed by atoms with Gasteiger partial charge in [-0.05, 0) is 0 Å². The molecule has 13 heavy (non-hydrogen) atoms. The predicted octanol–water partition coefficient (Wildman–Crippen LogP) is 1.12. The van der Waals surface area contributed by atoms with Gasteiger partial charge in [-0.3, -0.25) is 0 Å². The Morgan fingerprint density at radius 2 is 2.31 bits per heavy atom. The second-order valence-electron chi connectivity index (χ2n) is 2.59. The lowest BCUT2D eigenvalue weighted by atomic mass is 10.2. The molecule has 1 aromatic heterocycles. The first kappa shape index (κ1) is 7.72. The molecule has 5 nitrogen and oxygen atoms in total. The van der Waals surface area contributed by atoms with Crippen LogP contribution in [-0.4, -0.2) is 17.4 Å². The first-order valence-electron chi connectivity index (χ1n) is 3.64. The van der Waals surface area contributed by atoms with Gasteiger partial charge in [0.05, 0.1) is 7.11 Å². The molecule has 0 aliphatic heterocycles. The zero-order valence-electron chi connectivity index (χ0n) is 6.94. The predicted molar refractivity (Wildman–Crippen MR) is 46.6 cm³/mol. The third-order valence-electron chi connectivity index (χ3n) is 1.77. The summed E-state index contributed by atoms with van der Waals surface area (Å²) in [5, 5.41) is 13.4. The Morgan fingerprint density at radius 3 is 3.00 bits per heavy atom. The molecule has 2 aromatic rings. The summed E-state index contributed by atoms with van der Waals surface area (Å²) in [6.07, 6.45) is 0. The summed E-state index contributed by atoms with van der Waals surface area (Å²) in [7, 11) is 1.49. The van der Waals surface area contributed by atoms with E-state index >= 15 is 0 Å². The highest BCUT2D eigenvalue weighted by Gasteiger charge is 2.12. The van der Waals surface area contributed by atoms with Crippen LogP contribution in [0.15, 0.2) is 16.7 Å². The van der Waals surface area contributed by atoms with Crippen molar-refractivity contribution in [1.29, 1.82) is 0 Å². The molecule has 2 rings (SSSR count). The fourth-order valence-electron chi connectivity index (χ4n) is 1.21. The van der Waals surface area contributed by atoms with Crippen molar-refractivity contribution in [1.82, 2.24) is 5.16 Å². The topological polar surface area (TPSA) is 81.5 Å². The number of aromatic hydroxyl groups is 1. The lowest BCUT2D eigenvalue weighted by Crippen LogP contribution is -1.88. The molecule has 1 aromatic carbocycles. The Hall–Kier alpha value is -1.91. The SMILES string of the molecule is COc1cc(O)cc2onc(N)c12. The normalized spacial score (nSPS) is 10.5. The Labute approximate surface area is 73.7 Å². The molecule has 3 N–H and O–H groups in total. The number of phenols is 1. The van der Waals surface area contributed by atoms with Gasteiger partial charge in [-0.25, -0.2) is 0 Å². The number of anilines is 1. The van der Waals surface area contributed by atoms with Crippen LogP contribution in [0.4, 0.5) is 5.82 Å². The molecule has 68 valence electrons. The van der Waals surface area contributed by atoms with E-state index in [2.05, 4.69) is 5.16 Å². The van der Waals surface area contributed by atoms with Gasteiger partial charge in [-0.15, -0.1) is 0 Å². The number of nitrogens with zero attached hydrogens (tertiary/aromatic N) is 1. The highest BCUT2D eigenvalue weighted by Crippen LogP contribution is 2.33. The van der Waals surface area contributed by atoms with E-state index < -0.39 is 0 Å². The van der Waals surface area contributed by atoms with E-state index in [1.54, 1.807) is 0 Å². The fourth-order valence-corrected chi connectivity index (χ4v) is 1.21. The largest absolute Gasteiger partial charge is 0.508 e. The second kappa shape index (κ2) is 2.55. The Bertz CT molecular complexity index is 450. The van der Waals surface area contributed by atoms with Crippen LogP contribution in [-0.2, 0) is 0 Å². The number of methoxy groups -OCH3 is 1. The highest BCUT2D eigenvalue weighted by molar-refractivity contribution is 5.93. The summed E-state index contributed by atoms with van der Waals surface area (Å²) in [6, 6.07) is 2.89. The van der Waals surface area contributed by atoms with E-state index in [1.165, 1.54) is 19.2 Å². The maximum Gasteiger partial charge on any atom is 0.178 e. The van der Waals surface area contributed by atoms with E-state index in [9.17, 15) is 5.11 Å². The lowest BCUT2D eigenvalue weighted by Gasteiger charge is -2.00. The van der Waals surface area contributed by atoms with Crippen molar-refractivity contribution in [2.45, 2.75) is 0 Å². The molecule has 0 spiro atoms. The van der Waals surface area contributed by atoms with Gasteiger partial charge in [0.1, 0.15) is 16.9 Å². The summed E-state index contributed by atoms with van der Waals surface area (Å²) >= 11 is 0. The lowest BCUT2D eigenvalue weighted by molar-refractivity contribution is 0.411. The van der Waals surface area contributed by atoms with Gasteiger partial charge >= 0.3 is 0 Å². The molecule has 0 amide bonds. The van der Waals surface area contributed by atoms with Crippen LogP contribution in [0.25, 0.3) is 11.0 Å². The molecule has 0 saturated carbocycles. The summed E-state index contributed by atoms with van der Waals surface area (Å²) in [4.78, 5) is 0. The maximum absolute atomic E-state index is 9.24. The van der Waals surface area contributed by atoms with Crippen LogP contribution < -0.4 is 10.5 Å². The molecule has 0 radical (unpaired) electrons. The summed E-state index contributed by atoms with van der Waals surface area (Å²) < 4.78 is 9.86. The minimum Gasteiger partial charge on any atom is -0.508 e. The van der Waals surface area contributed by atoms with Crippen molar-refractivity contribution in [3.63, 3.8) is 0 Å². The fraction of sp³-hybridized carbons (Fsp3) is 0.125. The van der Waals surface area contributed by atoms with Gasteiger partial charge < -0.3 is 20.1 Å². The average Bonchev–Trinajstić information content (AvgIpc) is 2.46. The van der Waals surface area contributed by atoms with Gasteiger partial charge in [-0.1, -0.05) is 5.16 Å². The van der Waals surface area contributed by atoms with Gasteiger partial charge in [0.25, 0.3) is 0 Å². The van der Waals surface area contributed by atoms with E-state index in [-0.39, 0.29) is 11.6 Å². The smallest absolute Gasteiger partial charge is 0.178 e. The van der Waals surface area contributed by atoms with E-state index in [1.807, 2.05) is 0 Å². The standard InChI is InChI=1S/C8H8N2O3/c1-12-5-2-4(11)3-6-7(5)8(9)10-13-6/h2-3,11H,1H3,(H2,9,10). The quantitative estimate of drug-likeness (QED) is 0.687. The molecule has 0 aliphatic carbocycles. The van der Waals surface area contributed by atoms with Crippen LogP contribution in [0.3, 0.4) is 0 Å². The molecule has 0 bridgehead atoms. The molecule has 0 atom stereocenters. The molecule has 0 unspecified atom stereocenters. The van der Waals surface area contributed by atoms with Gasteiger partial charge in [0.2, 0.25) is 0 Å². The van der Waals surface area contributed by atoms with E-state index in [0.717, 1.165) is 0 Å². The number of hydrogen-bond donors (Lipinski definition) is 2. The van der Waals surface area contributed by atoms with Crippen molar-refractivity contribution in [2.75, 3.05) is 12.8 Å². The highest BCUT2D eigenvalue weighted by atomic mass is 16.5. The minimum absolute atomic E-state index is 0.0560. The Balaban J connectivity index is 2.85. The van der Waals surface area contributed by atoms with Crippen LogP contribution in [0.1, 0.15) is 0 Å². The first-order valence-corrected chi connectivity index (χ1v) is 3.64. The molecule has 0 fully saturated rings. The summed E-state index contributed by atoms with van der Waals surface area (Å²) in [5.74, 6) is 0.765. The maximum atomic E-state index is 9.24. The van der Waals surface area contributed by atoms with Gasteiger partial charge in [0.15, 0.2) is 11.4 Å². The van der Waals surface area contributed by atoms with Crippen molar-refractivity contribution >= 4 is 16.8 Å². The Kier molecular flexibility index (Phi) is 1.51. The zero-order valence-corrected chi connectivity index (χ0v) is 6.94. The summed E-state index contributed by atoms with van der Waals surface area (Å²) in [6.45, 7) is 0. The number of fused-ring (bicyclic) bond motifs is 1. The van der Waals surface area contributed by atoms with Crippen molar-refractivity contribution < 1.29 is 14.4 Å². The van der Waals surface area contributed by atoms with E-state index in [0.29, 0.717) is 16.7 Å². The molecule has 1 heterocycles. The molecule has 5 heteroatoms.